The second-order valence-corrected chi connectivity index (χ2v) is 7.97. The quantitative estimate of drug-likeness (QED) is 0.429. The van der Waals surface area contributed by atoms with Crippen LogP contribution in [0.4, 0.5) is 11.7 Å². The van der Waals surface area contributed by atoms with Gasteiger partial charge < -0.3 is 15.1 Å². The molecule has 7 nitrogen and oxygen atoms in total. The van der Waals surface area contributed by atoms with Crippen LogP contribution in [-0.2, 0) is 4.79 Å². The monoisotopic (exact) mass is 429 g/mol. The van der Waals surface area contributed by atoms with Crippen molar-refractivity contribution in [1.82, 2.24) is 10.3 Å². The lowest BCUT2D eigenvalue weighted by Crippen LogP contribution is -2.37. The molecular weight excluding hydrogens is 410 g/mol. The third-order valence-electron chi connectivity index (χ3n) is 4.85. The molecule has 154 valence electrons. The van der Waals surface area contributed by atoms with E-state index in [2.05, 4.69) is 20.9 Å². The number of oxazole rings is 1. The van der Waals surface area contributed by atoms with E-state index in [4.69, 9.17) is 9.41 Å². The Morgan fingerprint density at radius 2 is 1.87 bits per heavy atom. The number of nitrogens with one attached hydrogen (secondary N) is 3. The molecule has 2 aromatic carbocycles. The number of carbonyl (C=O) groups is 1. The largest absolute Gasteiger partial charge is 0.423 e. The topological polar surface area (TPSA) is 91.5 Å². The number of carbonyl (C=O) groups excluding carboxylic acids is 1. The molecule has 8 heteroatoms. The van der Waals surface area contributed by atoms with Crippen LogP contribution in [0.1, 0.15) is 17.8 Å². The Balaban J connectivity index is 1.45. The van der Waals surface area contributed by atoms with Crippen LogP contribution in [-0.4, -0.2) is 16.9 Å². The molecule has 5 rings (SSSR count). The van der Waals surface area contributed by atoms with Gasteiger partial charge in [0.2, 0.25) is 5.96 Å². The molecule has 0 spiro atoms. The predicted octanol–water partition coefficient (Wildman–Crippen LogP) is 4.91. The number of aromatic nitrogens is 1. The Labute approximate surface area is 182 Å². The molecule has 0 unspecified atom stereocenters. The first kappa shape index (κ1) is 19.1. The fraction of sp³-hybridized carbons (Fsp3) is 0.0870. The summed E-state index contributed by atoms with van der Waals surface area (Å²) in [6, 6.07) is 20.7. The van der Waals surface area contributed by atoms with Crippen LogP contribution >= 0.6 is 11.3 Å². The molecule has 0 fully saturated rings. The Bertz CT molecular complexity index is 1260. The van der Waals surface area contributed by atoms with Crippen molar-refractivity contribution in [3.05, 3.63) is 88.3 Å². The first-order valence-electron chi connectivity index (χ1n) is 9.75. The van der Waals surface area contributed by atoms with Gasteiger partial charge >= 0.3 is 6.01 Å². The number of allylic oxidation sites excluding steroid dienone is 1. The highest BCUT2D eigenvalue weighted by Crippen LogP contribution is 2.34. The Kier molecular flexibility index (Phi) is 4.97. The summed E-state index contributed by atoms with van der Waals surface area (Å²) in [5.74, 6) is 0.276. The SMILES string of the molecule is CC1=C(C(=O)Nc2ccccc2)[C@H](c2cccs2)N=C(Nc2nc3ccccc3o2)N1. The Morgan fingerprint density at radius 1 is 1.06 bits per heavy atom. The van der Waals surface area contributed by atoms with Gasteiger partial charge in [-0.25, -0.2) is 4.99 Å². The zero-order valence-electron chi connectivity index (χ0n) is 16.6. The molecule has 1 amide bonds. The summed E-state index contributed by atoms with van der Waals surface area (Å²) in [7, 11) is 0. The van der Waals surface area contributed by atoms with Gasteiger partial charge in [0.25, 0.3) is 5.91 Å². The molecule has 1 aliphatic rings. The van der Waals surface area contributed by atoms with Crippen molar-refractivity contribution in [3.63, 3.8) is 0 Å². The maximum atomic E-state index is 13.1. The lowest BCUT2D eigenvalue weighted by molar-refractivity contribution is -0.113. The van der Waals surface area contributed by atoms with Crippen molar-refractivity contribution < 1.29 is 9.21 Å². The number of thiophene rings is 1. The van der Waals surface area contributed by atoms with Crippen molar-refractivity contribution >= 4 is 46.0 Å². The minimum Gasteiger partial charge on any atom is -0.423 e. The van der Waals surface area contributed by atoms with Crippen LogP contribution < -0.4 is 16.0 Å². The third kappa shape index (κ3) is 3.93. The number of amides is 1. The van der Waals surface area contributed by atoms with E-state index in [-0.39, 0.29) is 5.91 Å². The summed E-state index contributed by atoms with van der Waals surface area (Å²) in [5, 5.41) is 11.2. The number of benzene rings is 2. The molecule has 0 aliphatic carbocycles. The van der Waals surface area contributed by atoms with E-state index in [1.54, 1.807) is 11.3 Å². The minimum absolute atomic E-state index is 0.195. The van der Waals surface area contributed by atoms with E-state index in [1.165, 1.54) is 0 Å². The highest BCUT2D eigenvalue weighted by molar-refractivity contribution is 7.10. The highest BCUT2D eigenvalue weighted by Gasteiger charge is 2.30. The number of fused-ring (bicyclic) bond motifs is 1. The molecule has 0 saturated heterocycles. The Morgan fingerprint density at radius 3 is 2.65 bits per heavy atom. The van der Waals surface area contributed by atoms with Gasteiger partial charge in [0.05, 0.1) is 5.57 Å². The van der Waals surface area contributed by atoms with Crippen LogP contribution in [0.3, 0.4) is 0 Å². The molecule has 0 saturated carbocycles. The van der Waals surface area contributed by atoms with E-state index in [0.29, 0.717) is 28.8 Å². The lowest BCUT2D eigenvalue weighted by Gasteiger charge is -2.25. The predicted molar refractivity (Wildman–Crippen MR) is 123 cm³/mol. The van der Waals surface area contributed by atoms with E-state index in [0.717, 1.165) is 16.1 Å². The molecule has 1 atom stereocenters. The fourth-order valence-electron chi connectivity index (χ4n) is 3.43. The number of aliphatic imine (C=N–C) groups is 1. The van der Waals surface area contributed by atoms with Crippen molar-refractivity contribution in [2.75, 3.05) is 10.6 Å². The van der Waals surface area contributed by atoms with Gasteiger partial charge in [0, 0.05) is 16.3 Å². The number of hydrogen-bond donors (Lipinski definition) is 3. The van der Waals surface area contributed by atoms with Crippen LogP contribution in [0.25, 0.3) is 11.1 Å². The summed E-state index contributed by atoms with van der Waals surface area (Å²) in [5.41, 5.74) is 3.45. The molecule has 0 radical (unpaired) electrons. The zero-order valence-corrected chi connectivity index (χ0v) is 17.4. The summed E-state index contributed by atoms with van der Waals surface area (Å²) in [4.78, 5) is 23.3. The van der Waals surface area contributed by atoms with E-state index >= 15 is 0 Å². The van der Waals surface area contributed by atoms with Crippen molar-refractivity contribution in [1.29, 1.82) is 0 Å². The molecule has 1 aliphatic heterocycles. The first-order chi connectivity index (χ1) is 15.2. The third-order valence-corrected chi connectivity index (χ3v) is 5.77. The molecule has 4 aromatic rings. The number of guanidine groups is 1. The van der Waals surface area contributed by atoms with Gasteiger partial charge in [-0.2, -0.15) is 4.98 Å². The van der Waals surface area contributed by atoms with Gasteiger partial charge in [-0.05, 0) is 42.6 Å². The van der Waals surface area contributed by atoms with Crippen molar-refractivity contribution in [2.45, 2.75) is 13.0 Å². The van der Waals surface area contributed by atoms with Gasteiger partial charge in [-0.15, -0.1) is 11.3 Å². The molecular formula is C23H19N5O2S. The summed E-state index contributed by atoms with van der Waals surface area (Å²) in [6.45, 7) is 1.86. The van der Waals surface area contributed by atoms with Gasteiger partial charge in [-0.3, -0.25) is 10.1 Å². The number of hydrogen-bond acceptors (Lipinski definition) is 7. The lowest BCUT2D eigenvalue weighted by atomic mass is 10.0. The number of anilines is 2. The number of nitrogens with zero attached hydrogens (tertiary/aromatic N) is 2. The van der Waals surface area contributed by atoms with Crippen molar-refractivity contribution in [3.8, 4) is 0 Å². The molecule has 3 heterocycles. The standard InChI is InChI=1S/C23H19N5O2S/c1-14-19(21(29)25-15-8-3-2-4-9-15)20(18-12-7-13-31-18)27-22(24-14)28-23-26-16-10-5-6-11-17(16)30-23/h2-13,20H,1H3,(H,25,29)(H2,24,26,27,28)/t20-/m0/s1. The summed E-state index contributed by atoms with van der Waals surface area (Å²) >= 11 is 1.56. The van der Waals surface area contributed by atoms with Crippen LogP contribution in [0.15, 0.2) is 92.8 Å². The molecule has 3 N–H and O–H groups in total. The second-order valence-electron chi connectivity index (χ2n) is 6.99. The normalized spacial score (nSPS) is 16.0. The smallest absolute Gasteiger partial charge is 0.302 e. The molecule has 31 heavy (non-hydrogen) atoms. The molecule has 0 bridgehead atoms. The van der Waals surface area contributed by atoms with Gasteiger partial charge in [0.15, 0.2) is 5.58 Å². The number of rotatable bonds is 4. The van der Waals surface area contributed by atoms with Crippen LogP contribution in [0.2, 0.25) is 0 Å². The summed E-state index contributed by atoms with van der Waals surface area (Å²) < 4.78 is 5.75. The highest BCUT2D eigenvalue weighted by atomic mass is 32.1. The maximum absolute atomic E-state index is 13.1. The van der Waals surface area contributed by atoms with Crippen LogP contribution in [0, 0.1) is 0 Å². The maximum Gasteiger partial charge on any atom is 0.302 e. The molecule has 2 aromatic heterocycles. The van der Waals surface area contributed by atoms with E-state index in [1.807, 2.05) is 79.0 Å². The van der Waals surface area contributed by atoms with E-state index in [9.17, 15) is 4.79 Å². The minimum atomic E-state index is -0.447. The summed E-state index contributed by atoms with van der Waals surface area (Å²) in [6.07, 6.45) is 0. The van der Waals surface area contributed by atoms with Gasteiger partial charge in [-0.1, -0.05) is 36.4 Å². The van der Waals surface area contributed by atoms with Crippen LogP contribution in [0.5, 0.6) is 0 Å². The zero-order chi connectivity index (χ0) is 21.2. The second kappa shape index (κ2) is 8.08. The van der Waals surface area contributed by atoms with Gasteiger partial charge in [0.1, 0.15) is 11.6 Å². The first-order valence-corrected chi connectivity index (χ1v) is 10.6. The average molecular weight is 430 g/mol. The average Bonchev–Trinajstić information content (AvgIpc) is 3.43. The number of para-hydroxylation sites is 3. The Hall–Kier alpha value is -3.91. The van der Waals surface area contributed by atoms with E-state index < -0.39 is 6.04 Å². The van der Waals surface area contributed by atoms with Crippen molar-refractivity contribution in [2.24, 2.45) is 4.99 Å². The fourth-order valence-corrected chi connectivity index (χ4v) is 4.20.